The number of hydrogen-bond donors (Lipinski definition) is 6. The van der Waals surface area contributed by atoms with Gasteiger partial charge in [-0.2, -0.15) is 0 Å². The number of carbonyl (C=O) groups is 4. The molecule has 0 bridgehead atoms. The van der Waals surface area contributed by atoms with E-state index < -0.39 is 92.7 Å². The maximum absolute atomic E-state index is 15.6. The summed E-state index contributed by atoms with van der Waals surface area (Å²) < 4.78 is 15.6. The van der Waals surface area contributed by atoms with Crippen LogP contribution in [0.15, 0.2) is 23.0 Å². The van der Waals surface area contributed by atoms with Crippen LogP contribution in [0.25, 0.3) is 5.76 Å². The van der Waals surface area contributed by atoms with E-state index in [-0.39, 0.29) is 30.6 Å². The zero-order chi connectivity index (χ0) is 29.4. The number of halogens is 1. The molecule has 0 aromatic heterocycles. The lowest BCUT2D eigenvalue weighted by atomic mass is 9.57. The average molecular weight is 559 g/mol. The number of primary amides is 1. The predicted octanol–water partition coefficient (Wildman–Crippen LogP) is -0.182. The number of piperidine rings is 1. The fourth-order valence-corrected chi connectivity index (χ4v) is 6.84. The largest absolute Gasteiger partial charge is 0.508 e. The number of anilines is 1. The number of ketones is 2. The summed E-state index contributed by atoms with van der Waals surface area (Å²) in [4.78, 5) is 54.7. The van der Waals surface area contributed by atoms with Crippen molar-refractivity contribution in [2.75, 3.05) is 32.6 Å². The number of hydrogen-bond acceptors (Lipinski definition) is 10. The number of likely N-dealkylation sites (N-methyl/N-ethyl adjacent to an activating group) is 2. The molecule has 7 N–H and O–H groups in total. The first-order valence-corrected chi connectivity index (χ1v) is 12.9. The highest BCUT2D eigenvalue weighted by Gasteiger charge is 2.64. The quantitative estimate of drug-likeness (QED) is 0.270. The number of Topliss-reactive ketones (excluding diaryl/α,β-unsaturated/α-hetero) is 2. The SMILES string of the molecule is CN[C@H]1CCCN(c2cc(F)c3c(c2O)C(O)=C2C(=O)[C@]4(O)C(O)=C(C(N)=O)C(=O)[C@@H](N(C)C)[C@@H]4C[C@@H]2C3)C1=O. The normalized spacial score (nSPS) is 30.4. The number of nitrogens with one attached hydrogen (secondary N) is 1. The lowest BCUT2D eigenvalue weighted by Gasteiger charge is -2.50. The number of rotatable bonds is 4. The summed E-state index contributed by atoms with van der Waals surface area (Å²) in [7, 11) is 4.59. The number of nitrogens with two attached hydrogens (primary N) is 1. The van der Waals surface area contributed by atoms with E-state index in [9.17, 15) is 39.6 Å². The number of fused-ring (bicyclic) bond motifs is 3. The Labute approximate surface area is 228 Å². The molecule has 0 radical (unpaired) electrons. The third-order valence-electron chi connectivity index (χ3n) is 8.72. The molecule has 5 atom stereocenters. The Morgan fingerprint density at radius 1 is 1.23 bits per heavy atom. The van der Waals surface area contributed by atoms with Crippen LogP contribution in [-0.2, 0) is 25.6 Å². The van der Waals surface area contributed by atoms with Crippen LogP contribution in [0.3, 0.4) is 0 Å². The van der Waals surface area contributed by atoms with Crippen molar-refractivity contribution in [2.24, 2.45) is 17.6 Å². The molecular formula is C27H31FN4O8. The lowest BCUT2D eigenvalue weighted by Crippen LogP contribution is -2.65. The number of aliphatic hydroxyl groups is 3. The highest BCUT2D eigenvalue weighted by Crippen LogP contribution is 2.54. The topological polar surface area (TPSA) is 194 Å². The van der Waals surface area contributed by atoms with Crippen LogP contribution in [0.4, 0.5) is 10.1 Å². The maximum Gasteiger partial charge on any atom is 0.255 e. The average Bonchev–Trinajstić information content (AvgIpc) is 2.88. The number of amides is 2. The van der Waals surface area contributed by atoms with E-state index in [1.54, 1.807) is 7.05 Å². The highest BCUT2D eigenvalue weighted by atomic mass is 19.1. The molecule has 1 saturated heterocycles. The van der Waals surface area contributed by atoms with Gasteiger partial charge in [0.1, 0.15) is 22.9 Å². The molecule has 1 aliphatic heterocycles. The summed E-state index contributed by atoms with van der Waals surface area (Å²) in [6, 6.07) is -0.769. The molecule has 214 valence electrons. The third-order valence-corrected chi connectivity index (χ3v) is 8.72. The van der Waals surface area contributed by atoms with Crippen LogP contribution in [0, 0.1) is 17.7 Å². The Kier molecular flexibility index (Phi) is 6.51. The van der Waals surface area contributed by atoms with Gasteiger partial charge >= 0.3 is 0 Å². The smallest absolute Gasteiger partial charge is 0.255 e. The van der Waals surface area contributed by atoms with Crippen LogP contribution < -0.4 is 16.0 Å². The fraction of sp³-hybridized carbons (Fsp3) is 0.481. The van der Waals surface area contributed by atoms with E-state index in [1.807, 2.05) is 0 Å². The highest BCUT2D eigenvalue weighted by molar-refractivity contribution is 6.24. The molecule has 1 heterocycles. The molecule has 13 heteroatoms. The van der Waals surface area contributed by atoms with Crippen molar-refractivity contribution in [3.8, 4) is 5.75 Å². The molecule has 1 saturated carbocycles. The van der Waals surface area contributed by atoms with Crippen LogP contribution in [0.5, 0.6) is 5.75 Å². The molecule has 1 aromatic carbocycles. The first-order valence-electron chi connectivity index (χ1n) is 12.9. The number of aliphatic hydroxyl groups excluding tert-OH is 2. The molecule has 40 heavy (non-hydrogen) atoms. The van der Waals surface area contributed by atoms with Crippen LogP contribution in [-0.4, -0.2) is 94.1 Å². The van der Waals surface area contributed by atoms with E-state index in [2.05, 4.69) is 5.32 Å². The minimum absolute atomic E-state index is 0.0958. The van der Waals surface area contributed by atoms with Crippen LogP contribution in [0.1, 0.15) is 30.4 Å². The number of carbonyl (C=O) groups excluding carboxylic acids is 4. The Morgan fingerprint density at radius 3 is 2.50 bits per heavy atom. The van der Waals surface area contributed by atoms with E-state index in [0.717, 1.165) is 6.07 Å². The van der Waals surface area contributed by atoms with Gasteiger partial charge in [0.05, 0.1) is 23.3 Å². The molecule has 2 fully saturated rings. The van der Waals surface area contributed by atoms with Crippen molar-refractivity contribution < 1.29 is 44.0 Å². The van der Waals surface area contributed by atoms with Crippen molar-refractivity contribution in [3.63, 3.8) is 0 Å². The third kappa shape index (κ3) is 3.61. The molecule has 12 nitrogen and oxygen atoms in total. The molecule has 4 aliphatic rings. The van der Waals surface area contributed by atoms with E-state index in [0.29, 0.717) is 12.8 Å². The number of nitrogens with zero attached hydrogens (tertiary/aromatic N) is 2. The van der Waals surface area contributed by atoms with Gasteiger partial charge in [-0.1, -0.05) is 0 Å². The first-order chi connectivity index (χ1) is 18.8. The summed E-state index contributed by atoms with van der Waals surface area (Å²) in [5.41, 5.74) is 0.550. The van der Waals surface area contributed by atoms with Crippen LogP contribution >= 0.6 is 0 Å². The zero-order valence-electron chi connectivity index (χ0n) is 22.2. The zero-order valence-corrected chi connectivity index (χ0v) is 22.2. The number of phenolic OH excluding ortho intramolecular Hbond substituents is 1. The second-order valence-electron chi connectivity index (χ2n) is 11.0. The monoisotopic (exact) mass is 558 g/mol. The Morgan fingerprint density at radius 2 is 1.90 bits per heavy atom. The van der Waals surface area contributed by atoms with Gasteiger partial charge in [0, 0.05) is 29.7 Å². The molecular weight excluding hydrogens is 527 g/mol. The maximum atomic E-state index is 15.6. The van der Waals surface area contributed by atoms with Crippen LogP contribution in [0.2, 0.25) is 0 Å². The molecule has 5 rings (SSSR count). The fourth-order valence-electron chi connectivity index (χ4n) is 6.84. The van der Waals surface area contributed by atoms with Gasteiger partial charge in [0.2, 0.25) is 11.7 Å². The molecule has 3 aliphatic carbocycles. The standard InChI is InChI=1S/C27H31FN4O8/c1-30-14-5-4-6-32(26(14)39)15-9-13(28)11-7-10-8-12-19(31(2)3)22(35)18(25(29)38)24(37)27(12,40)23(36)16(10)21(34)17(11)20(15)33/h9-10,12,14,19,30,33-34,37,40H,4-8H2,1-3H3,(H2,29,38)/t10-,12-,14-,19-,27-/m0/s1. The van der Waals surface area contributed by atoms with E-state index in [4.69, 9.17) is 5.73 Å². The second-order valence-corrected chi connectivity index (χ2v) is 11.0. The van der Waals surface area contributed by atoms with Crippen molar-refractivity contribution in [2.45, 2.75) is 43.4 Å². The number of benzene rings is 1. The van der Waals surface area contributed by atoms with Crippen molar-refractivity contribution >= 4 is 34.8 Å². The predicted molar refractivity (Wildman–Crippen MR) is 139 cm³/mol. The summed E-state index contributed by atoms with van der Waals surface area (Å²) in [5.74, 6) is -9.40. The van der Waals surface area contributed by atoms with Gasteiger partial charge in [0.25, 0.3) is 5.91 Å². The Bertz CT molecular complexity index is 1440. The number of phenols is 1. The molecule has 0 spiro atoms. The van der Waals surface area contributed by atoms with Gasteiger partial charge in [0.15, 0.2) is 17.1 Å². The summed E-state index contributed by atoms with van der Waals surface area (Å²) in [6.45, 7) is 0.192. The van der Waals surface area contributed by atoms with Gasteiger partial charge in [-0.05, 0) is 52.7 Å². The molecule has 0 unspecified atom stereocenters. The first kappa shape index (κ1) is 27.7. The van der Waals surface area contributed by atoms with Crippen molar-refractivity contribution in [3.05, 3.63) is 39.9 Å². The van der Waals surface area contributed by atoms with E-state index >= 15 is 4.39 Å². The summed E-state index contributed by atoms with van der Waals surface area (Å²) in [5, 5.41) is 48.0. The van der Waals surface area contributed by atoms with E-state index in [1.165, 1.54) is 23.9 Å². The van der Waals surface area contributed by atoms with Gasteiger partial charge in [-0.15, -0.1) is 0 Å². The summed E-state index contributed by atoms with van der Waals surface area (Å²) >= 11 is 0. The van der Waals surface area contributed by atoms with Gasteiger partial charge in [-0.25, -0.2) is 4.39 Å². The minimum atomic E-state index is -2.79. The van der Waals surface area contributed by atoms with Gasteiger partial charge < -0.3 is 36.4 Å². The Balaban J connectivity index is 1.69. The van der Waals surface area contributed by atoms with Gasteiger partial charge in [-0.3, -0.25) is 24.1 Å². The molecule has 1 aromatic rings. The summed E-state index contributed by atoms with van der Waals surface area (Å²) in [6.07, 6.45) is 0.784. The van der Waals surface area contributed by atoms with Crippen molar-refractivity contribution in [1.82, 2.24) is 10.2 Å². The minimum Gasteiger partial charge on any atom is -0.508 e. The molecule has 2 amide bonds. The second kappa shape index (κ2) is 9.39. The lowest BCUT2D eigenvalue weighted by molar-refractivity contribution is -0.153. The Hall–Kier alpha value is -3.81. The number of aromatic hydroxyl groups is 1. The van der Waals surface area contributed by atoms with Crippen molar-refractivity contribution in [1.29, 1.82) is 0 Å².